The highest BCUT2D eigenvalue weighted by Crippen LogP contribution is 2.30. The van der Waals surface area contributed by atoms with Gasteiger partial charge in [-0.05, 0) is 47.4 Å². The van der Waals surface area contributed by atoms with Crippen LogP contribution >= 0.6 is 27.7 Å². The van der Waals surface area contributed by atoms with Crippen LogP contribution in [0.2, 0.25) is 0 Å². The summed E-state index contributed by atoms with van der Waals surface area (Å²) in [4.78, 5) is 12.5. The average Bonchev–Trinajstić information content (AvgIpc) is 3.23. The molecule has 3 aromatic carbocycles. The summed E-state index contributed by atoms with van der Waals surface area (Å²) in [5, 5.41) is 12.5. The standard InChI is InChI=1S/C26H25BrN4OS/c1-26(2,3)19-11-9-18(10-12-19)24-29-30-25(31(24)22-7-5-4-6-8-22)33-17-23(32)28-21-15-13-20(27)14-16-21/h4-16H,17H2,1-3H3,(H,28,32). The minimum atomic E-state index is -0.0963. The van der Waals surface area contributed by atoms with Gasteiger partial charge in [-0.2, -0.15) is 0 Å². The molecule has 0 atom stereocenters. The molecule has 1 amide bonds. The molecule has 0 saturated heterocycles. The van der Waals surface area contributed by atoms with Crippen LogP contribution in [-0.2, 0) is 10.2 Å². The Bertz CT molecular complexity index is 1230. The molecule has 0 saturated carbocycles. The molecular weight excluding hydrogens is 496 g/mol. The SMILES string of the molecule is CC(C)(C)c1ccc(-c2nnc(SCC(=O)Nc3ccc(Br)cc3)n2-c2ccccc2)cc1. The molecule has 0 aliphatic heterocycles. The van der Waals surface area contributed by atoms with E-state index in [1.807, 2.05) is 59.2 Å². The first kappa shape index (κ1) is 23.3. The molecule has 4 rings (SSSR count). The van der Waals surface area contributed by atoms with E-state index < -0.39 is 0 Å². The lowest BCUT2D eigenvalue weighted by Crippen LogP contribution is -2.14. The van der Waals surface area contributed by atoms with Crippen LogP contribution in [0.1, 0.15) is 26.3 Å². The van der Waals surface area contributed by atoms with Crippen molar-refractivity contribution in [2.45, 2.75) is 31.3 Å². The molecule has 1 heterocycles. The third-order valence-corrected chi connectivity index (χ3v) is 6.57. The number of halogens is 1. The van der Waals surface area contributed by atoms with Gasteiger partial charge in [-0.1, -0.05) is 90.9 Å². The maximum atomic E-state index is 12.5. The van der Waals surface area contributed by atoms with Crippen molar-refractivity contribution in [3.63, 3.8) is 0 Å². The molecule has 0 spiro atoms. The maximum Gasteiger partial charge on any atom is 0.234 e. The van der Waals surface area contributed by atoms with Gasteiger partial charge in [0.2, 0.25) is 5.91 Å². The van der Waals surface area contributed by atoms with Gasteiger partial charge in [0.05, 0.1) is 5.75 Å². The van der Waals surface area contributed by atoms with Gasteiger partial charge in [-0.25, -0.2) is 0 Å². The number of anilines is 1. The summed E-state index contributed by atoms with van der Waals surface area (Å²) >= 11 is 4.77. The van der Waals surface area contributed by atoms with Gasteiger partial charge in [0.25, 0.3) is 0 Å². The second-order valence-electron chi connectivity index (χ2n) is 8.65. The zero-order chi connectivity index (χ0) is 23.4. The Morgan fingerprint density at radius 3 is 2.24 bits per heavy atom. The Hall–Kier alpha value is -2.90. The fraction of sp³-hybridized carbons (Fsp3) is 0.192. The molecule has 0 aliphatic carbocycles. The second kappa shape index (κ2) is 9.93. The number of rotatable bonds is 6. The van der Waals surface area contributed by atoms with E-state index in [-0.39, 0.29) is 17.1 Å². The molecule has 1 aromatic heterocycles. The second-order valence-corrected chi connectivity index (χ2v) is 10.5. The first-order valence-electron chi connectivity index (χ1n) is 10.6. The van der Waals surface area contributed by atoms with E-state index in [2.05, 4.69) is 76.5 Å². The molecule has 0 bridgehead atoms. The van der Waals surface area contributed by atoms with Crippen molar-refractivity contribution in [2.75, 3.05) is 11.1 Å². The van der Waals surface area contributed by atoms with E-state index in [0.29, 0.717) is 5.16 Å². The first-order chi connectivity index (χ1) is 15.8. The molecule has 7 heteroatoms. The van der Waals surface area contributed by atoms with Crippen molar-refractivity contribution in [1.29, 1.82) is 0 Å². The number of benzene rings is 3. The van der Waals surface area contributed by atoms with E-state index in [1.165, 1.54) is 17.3 Å². The zero-order valence-corrected chi connectivity index (χ0v) is 21.2. The fourth-order valence-corrected chi connectivity index (χ4v) is 4.36. The van der Waals surface area contributed by atoms with Crippen LogP contribution in [0, 0.1) is 0 Å². The molecule has 0 aliphatic rings. The molecule has 1 N–H and O–H groups in total. The summed E-state index contributed by atoms with van der Waals surface area (Å²) in [6.45, 7) is 6.59. The minimum absolute atomic E-state index is 0.0782. The van der Waals surface area contributed by atoms with Crippen LogP contribution in [0.25, 0.3) is 17.1 Å². The van der Waals surface area contributed by atoms with E-state index in [0.717, 1.165) is 27.2 Å². The molecule has 0 unspecified atom stereocenters. The molecule has 0 fully saturated rings. The predicted octanol–water partition coefficient (Wildman–Crippen LogP) is 6.73. The van der Waals surface area contributed by atoms with Gasteiger partial charge < -0.3 is 5.32 Å². The normalized spacial score (nSPS) is 11.4. The van der Waals surface area contributed by atoms with E-state index >= 15 is 0 Å². The summed E-state index contributed by atoms with van der Waals surface area (Å²) in [7, 11) is 0. The van der Waals surface area contributed by atoms with Crippen LogP contribution < -0.4 is 5.32 Å². The van der Waals surface area contributed by atoms with Gasteiger partial charge in [-0.15, -0.1) is 10.2 Å². The number of hydrogen-bond acceptors (Lipinski definition) is 4. The quantitative estimate of drug-likeness (QED) is 0.286. The summed E-state index contributed by atoms with van der Waals surface area (Å²) in [5.74, 6) is 0.878. The van der Waals surface area contributed by atoms with E-state index in [9.17, 15) is 4.79 Å². The largest absolute Gasteiger partial charge is 0.325 e. The van der Waals surface area contributed by atoms with E-state index in [1.54, 1.807) is 0 Å². The van der Waals surface area contributed by atoms with Crippen molar-refractivity contribution >= 4 is 39.3 Å². The van der Waals surface area contributed by atoms with Crippen molar-refractivity contribution in [3.05, 3.63) is 88.9 Å². The van der Waals surface area contributed by atoms with Crippen LogP contribution in [0.15, 0.2) is 88.5 Å². The van der Waals surface area contributed by atoms with Crippen molar-refractivity contribution < 1.29 is 4.79 Å². The number of aromatic nitrogens is 3. The van der Waals surface area contributed by atoms with Crippen molar-refractivity contribution in [3.8, 4) is 17.1 Å². The fourth-order valence-electron chi connectivity index (χ4n) is 3.34. The highest BCUT2D eigenvalue weighted by Gasteiger charge is 2.19. The topological polar surface area (TPSA) is 59.8 Å². The number of amides is 1. The number of carbonyl (C=O) groups is 1. The number of thioether (sulfide) groups is 1. The van der Waals surface area contributed by atoms with Crippen LogP contribution in [0.4, 0.5) is 5.69 Å². The van der Waals surface area contributed by atoms with Crippen LogP contribution in [0.3, 0.4) is 0 Å². The lowest BCUT2D eigenvalue weighted by Gasteiger charge is -2.19. The zero-order valence-electron chi connectivity index (χ0n) is 18.7. The summed E-state index contributed by atoms with van der Waals surface area (Å²) in [5.41, 5.74) is 4.03. The number of para-hydroxylation sites is 1. The van der Waals surface area contributed by atoms with E-state index in [4.69, 9.17) is 0 Å². The highest BCUT2D eigenvalue weighted by atomic mass is 79.9. The lowest BCUT2D eigenvalue weighted by atomic mass is 9.87. The Morgan fingerprint density at radius 1 is 0.939 bits per heavy atom. The molecule has 33 heavy (non-hydrogen) atoms. The van der Waals surface area contributed by atoms with Gasteiger partial charge in [0.1, 0.15) is 0 Å². The number of nitrogens with zero attached hydrogens (tertiary/aromatic N) is 3. The molecule has 5 nitrogen and oxygen atoms in total. The molecule has 0 radical (unpaired) electrons. The van der Waals surface area contributed by atoms with Crippen LogP contribution in [-0.4, -0.2) is 26.4 Å². The third kappa shape index (κ3) is 5.72. The number of hydrogen-bond donors (Lipinski definition) is 1. The lowest BCUT2D eigenvalue weighted by molar-refractivity contribution is -0.113. The number of nitrogens with one attached hydrogen (secondary N) is 1. The minimum Gasteiger partial charge on any atom is -0.325 e. The highest BCUT2D eigenvalue weighted by molar-refractivity contribution is 9.10. The number of carbonyl (C=O) groups excluding carboxylic acids is 1. The van der Waals surface area contributed by atoms with Gasteiger partial charge in [0, 0.05) is 21.4 Å². The molecule has 168 valence electrons. The Balaban J connectivity index is 1.59. The predicted molar refractivity (Wildman–Crippen MR) is 139 cm³/mol. The first-order valence-corrected chi connectivity index (χ1v) is 12.4. The van der Waals surface area contributed by atoms with Crippen molar-refractivity contribution in [1.82, 2.24) is 14.8 Å². The van der Waals surface area contributed by atoms with Gasteiger partial charge >= 0.3 is 0 Å². The Morgan fingerprint density at radius 2 is 1.61 bits per heavy atom. The molecular formula is C26H25BrN4OS. The smallest absolute Gasteiger partial charge is 0.234 e. The summed E-state index contributed by atoms with van der Waals surface area (Å²) < 4.78 is 2.97. The molecule has 4 aromatic rings. The Labute approximate surface area is 206 Å². The van der Waals surface area contributed by atoms with Gasteiger partial charge in [-0.3, -0.25) is 9.36 Å². The Kier molecular flexibility index (Phi) is 7.00. The average molecular weight is 521 g/mol. The third-order valence-electron chi connectivity index (χ3n) is 5.12. The summed E-state index contributed by atoms with van der Waals surface area (Å²) in [6, 6.07) is 25.9. The van der Waals surface area contributed by atoms with Gasteiger partial charge in [0.15, 0.2) is 11.0 Å². The maximum absolute atomic E-state index is 12.5. The monoisotopic (exact) mass is 520 g/mol. The summed E-state index contributed by atoms with van der Waals surface area (Å²) in [6.07, 6.45) is 0. The van der Waals surface area contributed by atoms with Crippen LogP contribution in [0.5, 0.6) is 0 Å². The van der Waals surface area contributed by atoms with Crippen molar-refractivity contribution in [2.24, 2.45) is 0 Å².